The number of hydrogen-bond donors (Lipinski definition) is 9. The molecule has 11 N–H and O–H groups in total. The Bertz CT molecular complexity index is 920. The Morgan fingerprint density at radius 3 is 2.14 bits per heavy atom. The number of carboxylic acids is 2. The van der Waals surface area contributed by atoms with E-state index in [0.29, 0.717) is 5.69 Å². The van der Waals surface area contributed by atoms with E-state index in [4.69, 9.17) is 16.6 Å². The minimum Gasteiger partial charge on any atom is -0.481 e. The molecule has 35 heavy (non-hydrogen) atoms. The summed E-state index contributed by atoms with van der Waals surface area (Å²) in [5.41, 5.74) is 11.5. The minimum atomic E-state index is -1.68. The van der Waals surface area contributed by atoms with E-state index in [1.165, 1.54) is 19.4 Å². The third kappa shape index (κ3) is 10.2. The van der Waals surface area contributed by atoms with Crippen molar-refractivity contribution in [1.82, 2.24) is 25.9 Å². The van der Waals surface area contributed by atoms with Crippen LogP contribution in [0.4, 0.5) is 0 Å². The number of carboxylic acid groups (broad SMARTS) is 2. The number of amides is 4. The maximum absolute atomic E-state index is 12.7. The van der Waals surface area contributed by atoms with E-state index in [9.17, 15) is 39.0 Å². The molecule has 1 heterocycles. The Morgan fingerprint density at radius 2 is 1.66 bits per heavy atom. The number of nitrogens with one attached hydrogen (secondary N) is 4. The molecule has 1 rings (SSSR count). The van der Waals surface area contributed by atoms with Crippen LogP contribution < -0.4 is 27.4 Å². The quantitative estimate of drug-likeness (QED) is 0.112. The number of imidazole rings is 1. The topological polar surface area (TPSA) is 280 Å². The monoisotopic (exact) mass is 499 g/mol. The number of aliphatic hydroxyl groups excluding tert-OH is 1. The molecular formula is C19H29N7O9. The lowest BCUT2D eigenvalue weighted by Gasteiger charge is -2.26. The molecule has 4 amide bonds. The summed E-state index contributed by atoms with van der Waals surface area (Å²) in [5, 5.41) is 34.3. The molecule has 5 unspecified atom stereocenters. The summed E-state index contributed by atoms with van der Waals surface area (Å²) in [4.78, 5) is 77.7. The number of nitrogens with two attached hydrogens (primary N) is 2. The Kier molecular flexibility index (Phi) is 11.3. The number of primary amides is 1. The fourth-order valence-corrected chi connectivity index (χ4v) is 2.86. The van der Waals surface area contributed by atoms with Gasteiger partial charge in [0.25, 0.3) is 0 Å². The summed E-state index contributed by atoms with van der Waals surface area (Å²) in [5.74, 6) is -6.89. The third-order valence-electron chi connectivity index (χ3n) is 4.69. The lowest BCUT2D eigenvalue weighted by molar-refractivity contribution is -0.143. The molecule has 194 valence electrons. The van der Waals surface area contributed by atoms with Crippen LogP contribution in [0.1, 0.15) is 31.9 Å². The van der Waals surface area contributed by atoms with Crippen molar-refractivity contribution >= 4 is 35.6 Å². The molecule has 0 aliphatic carbocycles. The molecule has 16 nitrogen and oxygen atoms in total. The molecule has 0 spiro atoms. The number of carbonyl (C=O) groups excluding carboxylic acids is 4. The first-order valence-corrected chi connectivity index (χ1v) is 10.4. The highest BCUT2D eigenvalue weighted by molar-refractivity contribution is 5.96. The number of hydrogen-bond acceptors (Lipinski definition) is 9. The van der Waals surface area contributed by atoms with Crippen LogP contribution in [0.2, 0.25) is 0 Å². The molecule has 5 atom stereocenters. The molecule has 16 heteroatoms. The average molecular weight is 499 g/mol. The normalized spacial score (nSPS) is 15.1. The minimum absolute atomic E-state index is 0.0413. The van der Waals surface area contributed by atoms with Gasteiger partial charge in [0.2, 0.25) is 23.6 Å². The van der Waals surface area contributed by atoms with Crippen molar-refractivity contribution in [3.8, 4) is 0 Å². The van der Waals surface area contributed by atoms with E-state index in [2.05, 4.69) is 20.6 Å². The van der Waals surface area contributed by atoms with Crippen molar-refractivity contribution < 1.29 is 44.1 Å². The van der Waals surface area contributed by atoms with Crippen LogP contribution in [-0.4, -0.2) is 91.1 Å². The summed E-state index contributed by atoms with van der Waals surface area (Å²) in [6, 6.07) is -6.03. The molecule has 0 saturated carbocycles. The molecule has 0 fully saturated rings. The van der Waals surface area contributed by atoms with Crippen molar-refractivity contribution in [2.75, 3.05) is 0 Å². The average Bonchev–Trinajstić information content (AvgIpc) is 3.25. The van der Waals surface area contributed by atoms with E-state index in [1.807, 2.05) is 5.32 Å². The molecule has 0 aromatic carbocycles. The fraction of sp³-hybridized carbons (Fsp3) is 0.526. The molecule has 0 aliphatic heterocycles. The zero-order chi connectivity index (χ0) is 26.7. The Morgan fingerprint density at radius 1 is 1.03 bits per heavy atom. The van der Waals surface area contributed by atoms with Gasteiger partial charge in [0.15, 0.2) is 0 Å². The molecular weight excluding hydrogens is 470 g/mol. The Balaban J connectivity index is 2.91. The van der Waals surface area contributed by atoms with Crippen molar-refractivity contribution in [3.05, 3.63) is 18.2 Å². The lowest BCUT2D eigenvalue weighted by atomic mass is 10.1. The first kappa shape index (κ1) is 29.0. The zero-order valence-electron chi connectivity index (χ0n) is 18.8. The number of aromatic amines is 1. The molecule has 1 aromatic heterocycles. The van der Waals surface area contributed by atoms with E-state index in [1.54, 1.807) is 0 Å². The maximum Gasteiger partial charge on any atom is 0.326 e. The van der Waals surface area contributed by atoms with E-state index < -0.39 is 85.1 Å². The first-order chi connectivity index (χ1) is 16.3. The smallest absolute Gasteiger partial charge is 0.326 e. The van der Waals surface area contributed by atoms with Gasteiger partial charge >= 0.3 is 11.9 Å². The Labute approximate surface area is 198 Å². The molecule has 1 aromatic rings. The van der Waals surface area contributed by atoms with Gasteiger partial charge in [0, 0.05) is 24.7 Å². The number of aliphatic hydroxyl groups is 1. The predicted molar refractivity (Wildman–Crippen MR) is 116 cm³/mol. The standard InChI is InChI=1S/C19H29N7O9/c1-8(27)15(26-16(31)10(20)4-9-6-22-7-23-9)18(33)25-12(5-13(21)28)17(32)24-11(19(34)35)2-3-14(29)30/h6-8,10-12,15,27H,2-5,20H2,1H3,(H2,21,28)(H,22,23)(H,24,32)(H,25,33)(H,26,31)(H,29,30)(H,34,35). The van der Waals surface area contributed by atoms with Gasteiger partial charge in [0.05, 0.1) is 24.9 Å². The second-order valence-electron chi connectivity index (χ2n) is 7.68. The Hall–Kier alpha value is -4.05. The van der Waals surface area contributed by atoms with Gasteiger partial charge in [-0.1, -0.05) is 0 Å². The van der Waals surface area contributed by atoms with Crippen molar-refractivity contribution in [2.24, 2.45) is 11.5 Å². The second kappa shape index (κ2) is 13.6. The van der Waals surface area contributed by atoms with Crippen molar-refractivity contribution in [1.29, 1.82) is 0 Å². The highest BCUT2D eigenvalue weighted by Crippen LogP contribution is 2.04. The summed E-state index contributed by atoms with van der Waals surface area (Å²) in [6.07, 6.45) is -0.375. The van der Waals surface area contributed by atoms with Gasteiger partial charge in [-0.2, -0.15) is 0 Å². The van der Waals surface area contributed by atoms with Gasteiger partial charge in [-0.3, -0.25) is 24.0 Å². The maximum atomic E-state index is 12.7. The highest BCUT2D eigenvalue weighted by atomic mass is 16.4. The van der Waals surface area contributed by atoms with Gasteiger partial charge in [-0.15, -0.1) is 0 Å². The van der Waals surface area contributed by atoms with Gasteiger partial charge in [0.1, 0.15) is 18.1 Å². The van der Waals surface area contributed by atoms with Crippen molar-refractivity contribution in [2.45, 2.75) is 62.9 Å². The number of H-pyrrole nitrogens is 1. The summed E-state index contributed by atoms with van der Waals surface area (Å²) in [7, 11) is 0. The molecule has 0 saturated heterocycles. The summed E-state index contributed by atoms with van der Waals surface area (Å²) in [6.45, 7) is 1.18. The second-order valence-corrected chi connectivity index (χ2v) is 7.68. The van der Waals surface area contributed by atoms with Crippen LogP contribution in [0.25, 0.3) is 0 Å². The molecule has 0 aliphatic rings. The number of nitrogens with zero attached hydrogens (tertiary/aromatic N) is 1. The van der Waals surface area contributed by atoms with Crippen LogP contribution in [0.5, 0.6) is 0 Å². The largest absolute Gasteiger partial charge is 0.481 e. The zero-order valence-corrected chi connectivity index (χ0v) is 18.8. The summed E-state index contributed by atoms with van der Waals surface area (Å²) < 4.78 is 0. The van der Waals surface area contributed by atoms with Crippen LogP contribution in [-0.2, 0) is 35.2 Å². The van der Waals surface area contributed by atoms with Gasteiger partial charge < -0.3 is 47.7 Å². The van der Waals surface area contributed by atoms with Crippen molar-refractivity contribution in [3.63, 3.8) is 0 Å². The number of carbonyl (C=O) groups is 6. The summed E-state index contributed by atoms with van der Waals surface area (Å²) >= 11 is 0. The molecule has 0 radical (unpaired) electrons. The van der Waals surface area contributed by atoms with E-state index in [-0.39, 0.29) is 6.42 Å². The van der Waals surface area contributed by atoms with Crippen LogP contribution in [0.3, 0.4) is 0 Å². The van der Waals surface area contributed by atoms with Crippen LogP contribution in [0.15, 0.2) is 12.5 Å². The SMILES string of the molecule is CC(O)C(NC(=O)C(N)Cc1cnc[nH]1)C(=O)NC(CC(N)=O)C(=O)NC(CCC(=O)O)C(=O)O. The van der Waals surface area contributed by atoms with E-state index >= 15 is 0 Å². The number of aromatic nitrogens is 2. The van der Waals surface area contributed by atoms with E-state index in [0.717, 1.165) is 0 Å². The molecule has 0 bridgehead atoms. The van der Waals surface area contributed by atoms with Crippen LogP contribution >= 0.6 is 0 Å². The third-order valence-corrected chi connectivity index (χ3v) is 4.69. The van der Waals surface area contributed by atoms with Gasteiger partial charge in [-0.25, -0.2) is 9.78 Å². The number of rotatable bonds is 15. The number of aliphatic carboxylic acids is 2. The lowest BCUT2D eigenvalue weighted by Crippen LogP contribution is -2.60. The van der Waals surface area contributed by atoms with Crippen LogP contribution in [0, 0.1) is 0 Å². The fourth-order valence-electron chi connectivity index (χ4n) is 2.86. The van der Waals surface area contributed by atoms with Gasteiger partial charge in [-0.05, 0) is 13.3 Å². The predicted octanol–water partition coefficient (Wildman–Crippen LogP) is -4.06. The first-order valence-electron chi connectivity index (χ1n) is 10.4. The highest BCUT2D eigenvalue weighted by Gasteiger charge is 2.33.